The molecule has 0 aliphatic carbocycles. The van der Waals surface area contributed by atoms with E-state index in [4.69, 9.17) is 18.9 Å². The molecule has 0 bridgehead atoms. The number of carbonyl (C=O) groups is 3. The predicted octanol–water partition coefficient (Wildman–Crippen LogP) is 6.86. The zero-order chi connectivity index (χ0) is 31.7. The molecule has 0 unspecified atom stereocenters. The van der Waals surface area contributed by atoms with Crippen LogP contribution in [0.15, 0.2) is 0 Å². The number of esters is 3. The lowest BCUT2D eigenvalue weighted by atomic mass is 10.1. The number of carbonyl (C=O) groups excluding carboxylic acids is 3. The highest BCUT2D eigenvalue weighted by molar-refractivity contribution is 5.71. The van der Waals surface area contributed by atoms with Crippen LogP contribution in [0.1, 0.15) is 149 Å². The fourth-order valence-corrected chi connectivity index (χ4v) is 5.25. The van der Waals surface area contributed by atoms with Crippen LogP contribution in [0.4, 0.5) is 0 Å². The predicted molar refractivity (Wildman–Crippen MR) is 168 cm³/mol. The maximum absolute atomic E-state index is 12.7. The zero-order valence-electron chi connectivity index (χ0n) is 27.8. The van der Waals surface area contributed by atoms with Crippen molar-refractivity contribution in [2.75, 3.05) is 27.2 Å². The summed E-state index contributed by atoms with van der Waals surface area (Å²) in [6.45, 7) is 4.75. The van der Waals surface area contributed by atoms with Gasteiger partial charge in [-0.2, -0.15) is 0 Å². The molecule has 1 fully saturated rings. The van der Waals surface area contributed by atoms with Crippen molar-refractivity contribution in [3.63, 3.8) is 0 Å². The Hall–Kier alpha value is -1.71. The minimum atomic E-state index is -1.47. The van der Waals surface area contributed by atoms with Crippen molar-refractivity contribution in [3.8, 4) is 0 Å². The number of rotatable bonds is 27. The molecule has 1 rings (SSSR count). The second kappa shape index (κ2) is 25.6. The van der Waals surface area contributed by atoms with Gasteiger partial charge in [0.25, 0.3) is 0 Å². The summed E-state index contributed by atoms with van der Waals surface area (Å²) < 4.78 is 22.2. The van der Waals surface area contributed by atoms with E-state index in [2.05, 4.69) is 13.8 Å². The van der Waals surface area contributed by atoms with Gasteiger partial charge in [0.15, 0.2) is 18.5 Å². The normalized spacial score (nSPS) is 20.0. The van der Waals surface area contributed by atoms with E-state index in [1.54, 1.807) is 0 Å². The number of unbranched alkanes of at least 4 members (excludes halogenated alkanes) is 16. The molecular weight excluding hydrogens is 550 g/mol. The van der Waals surface area contributed by atoms with Crippen LogP contribution in [0, 0.1) is 0 Å². The van der Waals surface area contributed by atoms with Gasteiger partial charge in [-0.05, 0) is 26.9 Å². The van der Waals surface area contributed by atoms with Crippen LogP contribution < -0.4 is 0 Å². The van der Waals surface area contributed by atoms with Crippen molar-refractivity contribution in [1.29, 1.82) is 0 Å². The highest BCUT2D eigenvalue weighted by atomic mass is 16.7. The zero-order valence-corrected chi connectivity index (χ0v) is 27.8. The molecule has 1 aliphatic rings. The molecule has 0 amide bonds. The van der Waals surface area contributed by atoms with Gasteiger partial charge in [0.1, 0.15) is 12.7 Å². The molecule has 0 aromatic rings. The van der Waals surface area contributed by atoms with Gasteiger partial charge in [0.2, 0.25) is 0 Å². The lowest BCUT2D eigenvalue weighted by Crippen LogP contribution is -2.42. The monoisotopic (exact) mass is 613 g/mol. The van der Waals surface area contributed by atoms with Crippen LogP contribution in [0.2, 0.25) is 0 Å². The number of aliphatic hydroxyl groups excluding tert-OH is 1. The molecule has 1 saturated heterocycles. The van der Waals surface area contributed by atoms with Crippen molar-refractivity contribution >= 4 is 17.9 Å². The summed E-state index contributed by atoms with van der Waals surface area (Å²) in [7, 11) is 3.72. The smallest absolute Gasteiger partial charge is 0.307 e. The molecule has 0 aromatic heterocycles. The van der Waals surface area contributed by atoms with Crippen LogP contribution in [0.25, 0.3) is 0 Å². The van der Waals surface area contributed by atoms with Gasteiger partial charge in [-0.3, -0.25) is 14.4 Å². The second-order valence-electron chi connectivity index (χ2n) is 12.4. The average Bonchev–Trinajstić information content (AvgIpc) is 3.26. The van der Waals surface area contributed by atoms with Crippen LogP contribution in [-0.4, -0.2) is 79.8 Å². The molecule has 0 aromatic carbocycles. The molecule has 1 heterocycles. The molecule has 1 N–H and O–H groups in total. The summed E-state index contributed by atoms with van der Waals surface area (Å²) in [6, 6.07) is 0. The first-order chi connectivity index (χ1) is 20.8. The van der Waals surface area contributed by atoms with Gasteiger partial charge in [-0.1, -0.05) is 117 Å². The number of aliphatic hydroxyl groups is 1. The number of hydrogen-bond donors (Lipinski definition) is 1. The van der Waals surface area contributed by atoms with E-state index in [1.165, 1.54) is 77.0 Å². The third kappa shape index (κ3) is 20.0. The first kappa shape index (κ1) is 39.3. The highest BCUT2D eigenvalue weighted by Gasteiger charge is 2.49. The second-order valence-corrected chi connectivity index (χ2v) is 12.4. The van der Waals surface area contributed by atoms with Gasteiger partial charge >= 0.3 is 17.9 Å². The molecule has 0 saturated carbocycles. The van der Waals surface area contributed by atoms with E-state index in [1.807, 2.05) is 19.0 Å². The van der Waals surface area contributed by atoms with Gasteiger partial charge < -0.3 is 29.0 Å². The van der Waals surface area contributed by atoms with Gasteiger partial charge in [0.05, 0.1) is 6.42 Å². The van der Waals surface area contributed by atoms with Gasteiger partial charge in [-0.25, -0.2) is 0 Å². The Morgan fingerprint density at radius 1 is 0.605 bits per heavy atom. The molecule has 43 heavy (non-hydrogen) atoms. The van der Waals surface area contributed by atoms with E-state index in [-0.39, 0.29) is 25.9 Å². The fraction of sp³-hybridized carbons (Fsp3) is 0.912. The molecule has 0 spiro atoms. The van der Waals surface area contributed by atoms with Gasteiger partial charge in [-0.15, -0.1) is 0 Å². The van der Waals surface area contributed by atoms with Crippen molar-refractivity contribution in [2.45, 2.75) is 173 Å². The highest BCUT2D eigenvalue weighted by Crippen LogP contribution is 2.27. The molecule has 0 radical (unpaired) electrons. The van der Waals surface area contributed by atoms with Crippen LogP contribution >= 0.6 is 0 Å². The maximum atomic E-state index is 12.7. The van der Waals surface area contributed by atoms with Crippen molar-refractivity contribution < 1.29 is 38.4 Å². The molecule has 9 heteroatoms. The van der Waals surface area contributed by atoms with E-state index < -0.39 is 42.5 Å². The molecule has 252 valence electrons. The lowest BCUT2D eigenvalue weighted by Gasteiger charge is -2.23. The van der Waals surface area contributed by atoms with Crippen LogP contribution in [0.3, 0.4) is 0 Å². The Kier molecular flexibility index (Phi) is 23.4. The third-order valence-electron chi connectivity index (χ3n) is 7.96. The van der Waals surface area contributed by atoms with Crippen LogP contribution in [-0.2, 0) is 33.3 Å². The van der Waals surface area contributed by atoms with Crippen molar-refractivity contribution in [2.24, 2.45) is 0 Å². The standard InChI is InChI=1S/C34H63NO8/c1-5-7-9-11-13-15-17-19-21-23-30(37)42-32-28(27-40-29(36)25-26-35(3)4)41-34(39)33(32)43-31(38)24-22-20-18-16-14-12-10-8-6-2/h28,32-34,39H,5-27H2,1-4H3/t28-,32+,33+,34-/m1/s1. The summed E-state index contributed by atoms with van der Waals surface area (Å²) in [4.78, 5) is 39.4. The number of hydrogen-bond acceptors (Lipinski definition) is 9. The van der Waals surface area contributed by atoms with E-state index >= 15 is 0 Å². The quantitative estimate of drug-likeness (QED) is 0.0603. The Balaban J connectivity index is 2.54. The number of ether oxygens (including phenoxy) is 4. The van der Waals surface area contributed by atoms with Crippen LogP contribution in [0.5, 0.6) is 0 Å². The summed E-state index contributed by atoms with van der Waals surface area (Å²) in [5.41, 5.74) is 0. The summed E-state index contributed by atoms with van der Waals surface area (Å²) >= 11 is 0. The maximum Gasteiger partial charge on any atom is 0.307 e. The average molecular weight is 614 g/mol. The van der Waals surface area contributed by atoms with Gasteiger partial charge in [0, 0.05) is 19.4 Å². The minimum absolute atomic E-state index is 0.197. The van der Waals surface area contributed by atoms with E-state index in [0.717, 1.165) is 25.7 Å². The van der Waals surface area contributed by atoms with Crippen molar-refractivity contribution in [3.05, 3.63) is 0 Å². The number of nitrogens with zero attached hydrogens (tertiary/aromatic N) is 1. The summed E-state index contributed by atoms with van der Waals surface area (Å²) in [6.07, 6.45) is 16.4. The minimum Gasteiger partial charge on any atom is -0.463 e. The summed E-state index contributed by atoms with van der Waals surface area (Å²) in [5.74, 6) is -1.31. The molecule has 9 nitrogen and oxygen atoms in total. The largest absolute Gasteiger partial charge is 0.463 e. The third-order valence-corrected chi connectivity index (χ3v) is 7.96. The Labute approximate surface area is 261 Å². The Morgan fingerprint density at radius 3 is 1.47 bits per heavy atom. The first-order valence-electron chi connectivity index (χ1n) is 17.3. The van der Waals surface area contributed by atoms with E-state index in [9.17, 15) is 19.5 Å². The molecular formula is C34H63NO8. The first-order valence-corrected chi connectivity index (χ1v) is 17.3. The van der Waals surface area contributed by atoms with E-state index in [0.29, 0.717) is 19.4 Å². The Bertz CT molecular complexity index is 731. The summed E-state index contributed by atoms with van der Waals surface area (Å²) in [5, 5.41) is 10.6. The Morgan fingerprint density at radius 2 is 1.02 bits per heavy atom. The topological polar surface area (TPSA) is 112 Å². The SMILES string of the molecule is CCCCCCCCCCCC(=O)O[C@@H]1[C@H](OC(=O)CCCCCCCCCCC)[C@H](O)O[C@@H]1COC(=O)CCN(C)C. The molecule has 1 aliphatic heterocycles. The molecule has 4 atom stereocenters. The lowest BCUT2D eigenvalue weighted by molar-refractivity contribution is -0.177. The fourth-order valence-electron chi connectivity index (χ4n) is 5.25. The van der Waals surface area contributed by atoms with Crippen molar-refractivity contribution in [1.82, 2.24) is 4.90 Å².